The summed E-state index contributed by atoms with van der Waals surface area (Å²) in [5, 5.41) is 8.56. The molecule has 0 amide bonds. The summed E-state index contributed by atoms with van der Waals surface area (Å²) in [6, 6.07) is 8.03. The van der Waals surface area contributed by atoms with Crippen LogP contribution in [0.4, 0.5) is 0 Å². The predicted octanol–water partition coefficient (Wildman–Crippen LogP) is 2.03. The molecule has 4 heteroatoms. The molecule has 100 valence electrons. The average molecular weight is 251 g/mol. The standard InChI is InChI=1S/C14H21NO3/c1-15(9-4-7-14(16)17)10-8-12-5-3-6-13(11-12)18-2/h3,5-6,11H,4,7-10H2,1-2H3,(H,16,17). The topological polar surface area (TPSA) is 49.8 Å². The molecule has 4 nitrogen and oxygen atoms in total. The van der Waals surface area contributed by atoms with E-state index in [0.717, 1.165) is 25.3 Å². The molecule has 18 heavy (non-hydrogen) atoms. The smallest absolute Gasteiger partial charge is 0.303 e. The molecule has 0 radical (unpaired) electrons. The van der Waals surface area contributed by atoms with Crippen molar-refractivity contribution in [1.29, 1.82) is 0 Å². The van der Waals surface area contributed by atoms with E-state index in [2.05, 4.69) is 11.0 Å². The van der Waals surface area contributed by atoms with Crippen LogP contribution in [0.25, 0.3) is 0 Å². The third-order valence-corrected chi connectivity index (χ3v) is 2.85. The van der Waals surface area contributed by atoms with Crippen molar-refractivity contribution < 1.29 is 14.6 Å². The van der Waals surface area contributed by atoms with Crippen molar-refractivity contribution in [3.63, 3.8) is 0 Å². The fourth-order valence-electron chi connectivity index (χ4n) is 1.76. The molecule has 0 aliphatic carbocycles. The van der Waals surface area contributed by atoms with E-state index >= 15 is 0 Å². The molecule has 0 saturated heterocycles. The minimum Gasteiger partial charge on any atom is -0.497 e. The van der Waals surface area contributed by atoms with Gasteiger partial charge in [0, 0.05) is 13.0 Å². The molecule has 0 unspecified atom stereocenters. The third-order valence-electron chi connectivity index (χ3n) is 2.85. The van der Waals surface area contributed by atoms with Gasteiger partial charge in [0.05, 0.1) is 7.11 Å². The average Bonchev–Trinajstić information content (AvgIpc) is 2.36. The summed E-state index contributed by atoms with van der Waals surface area (Å²) in [5.74, 6) is 0.150. The summed E-state index contributed by atoms with van der Waals surface area (Å²) < 4.78 is 5.17. The van der Waals surface area contributed by atoms with Gasteiger partial charge in [0.1, 0.15) is 5.75 Å². The fourth-order valence-corrected chi connectivity index (χ4v) is 1.76. The number of methoxy groups -OCH3 is 1. The highest BCUT2D eigenvalue weighted by molar-refractivity contribution is 5.66. The van der Waals surface area contributed by atoms with Crippen molar-refractivity contribution in [2.45, 2.75) is 19.3 Å². The largest absolute Gasteiger partial charge is 0.497 e. The molecule has 1 rings (SSSR count). The molecular formula is C14H21NO3. The summed E-state index contributed by atoms with van der Waals surface area (Å²) in [5.41, 5.74) is 1.24. The van der Waals surface area contributed by atoms with Crippen molar-refractivity contribution in [2.75, 3.05) is 27.2 Å². The predicted molar refractivity (Wildman–Crippen MR) is 71.1 cm³/mol. The number of hydrogen-bond acceptors (Lipinski definition) is 3. The summed E-state index contributed by atoms with van der Waals surface area (Å²) in [4.78, 5) is 12.6. The number of ether oxygens (including phenoxy) is 1. The van der Waals surface area contributed by atoms with E-state index < -0.39 is 5.97 Å². The molecule has 0 atom stereocenters. The van der Waals surface area contributed by atoms with Crippen LogP contribution in [0.2, 0.25) is 0 Å². The SMILES string of the molecule is COc1cccc(CCN(C)CCCC(=O)O)c1. The molecule has 1 aromatic carbocycles. The second-order valence-corrected chi connectivity index (χ2v) is 4.40. The second-order valence-electron chi connectivity index (χ2n) is 4.40. The Morgan fingerprint density at radius 3 is 2.83 bits per heavy atom. The summed E-state index contributed by atoms with van der Waals surface area (Å²) in [6.07, 6.45) is 1.88. The number of rotatable bonds is 8. The Labute approximate surface area is 108 Å². The highest BCUT2D eigenvalue weighted by Gasteiger charge is 2.02. The first kappa shape index (κ1) is 14.5. The lowest BCUT2D eigenvalue weighted by molar-refractivity contribution is -0.137. The van der Waals surface area contributed by atoms with Crippen molar-refractivity contribution in [3.05, 3.63) is 29.8 Å². The Morgan fingerprint density at radius 1 is 1.39 bits per heavy atom. The van der Waals surface area contributed by atoms with Crippen LogP contribution in [0.15, 0.2) is 24.3 Å². The van der Waals surface area contributed by atoms with Crippen molar-refractivity contribution in [2.24, 2.45) is 0 Å². The molecule has 0 saturated carbocycles. The van der Waals surface area contributed by atoms with Gasteiger partial charge in [0.15, 0.2) is 0 Å². The molecule has 1 N–H and O–H groups in total. The number of benzene rings is 1. The zero-order chi connectivity index (χ0) is 13.4. The lowest BCUT2D eigenvalue weighted by Crippen LogP contribution is -2.23. The van der Waals surface area contributed by atoms with Gasteiger partial charge in [0.2, 0.25) is 0 Å². The van der Waals surface area contributed by atoms with E-state index in [1.807, 2.05) is 25.2 Å². The Kier molecular flexibility index (Phi) is 6.22. The monoisotopic (exact) mass is 251 g/mol. The van der Waals surface area contributed by atoms with Gasteiger partial charge in [0.25, 0.3) is 0 Å². The minimum absolute atomic E-state index is 0.240. The summed E-state index contributed by atoms with van der Waals surface area (Å²) >= 11 is 0. The number of carboxylic acid groups (broad SMARTS) is 1. The second kappa shape index (κ2) is 7.71. The minimum atomic E-state index is -0.726. The molecular weight excluding hydrogens is 230 g/mol. The quantitative estimate of drug-likeness (QED) is 0.768. The zero-order valence-electron chi connectivity index (χ0n) is 11.1. The van der Waals surface area contributed by atoms with E-state index in [0.29, 0.717) is 6.42 Å². The first-order valence-corrected chi connectivity index (χ1v) is 6.15. The maximum atomic E-state index is 10.4. The van der Waals surface area contributed by atoms with Crippen LogP contribution in [-0.4, -0.2) is 43.2 Å². The van der Waals surface area contributed by atoms with Gasteiger partial charge in [-0.1, -0.05) is 12.1 Å². The van der Waals surface area contributed by atoms with E-state index in [9.17, 15) is 4.79 Å². The lowest BCUT2D eigenvalue weighted by atomic mass is 10.1. The number of hydrogen-bond donors (Lipinski definition) is 1. The van der Waals surface area contributed by atoms with Gasteiger partial charge in [-0.05, 0) is 44.1 Å². The Bertz CT molecular complexity index is 379. The van der Waals surface area contributed by atoms with Crippen LogP contribution in [0.5, 0.6) is 5.75 Å². The zero-order valence-corrected chi connectivity index (χ0v) is 11.1. The molecule has 0 fully saturated rings. The number of carbonyl (C=O) groups is 1. The lowest BCUT2D eigenvalue weighted by Gasteiger charge is -2.16. The van der Waals surface area contributed by atoms with Gasteiger partial charge in [-0.25, -0.2) is 0 Å². The van der Waals surface area contributed by atoms with Gasteiger partial charge < -0.3 is 14.7 Å². The highest BCUT2D eigenvalue weighted by Crippen LogP contribution is 2.13. The van der Waals surface area contributed by atoms with Gasteiger partial charge >= 0.3 is 5.97 Å². The normalized spacial score (nSPS) is 10.6. The van der Waals surface area contributed by atoms with E-state index in [1.165, 1.54) is 5.56 Å². The Morgan fingerprint density at radius 2 is 2.17 bits per heavy atom. The number of carboxylic acids is 1. The van der Waals surface area contributed by atoms with Gasteiger partial charge in [-0.15, -0.1) is 0 Å². The maximum absolute atomic E-state index is 10.4. The molecule has 1 aromatic rings. The summed E-state index contributed by atoms with van der Waals surface area (Å²) in [6.45, 7) is 1.74. The fraction of sp³-hybridized carbons (Fsp3) is 0.500. The summed E-state index contributed by atoms with van der Waals surface area (Å²) in [7, 11) is 3.68. The Balaban J connectivity index is 2.28. The first-order chi connectivity index (χ1) is 8.61. The number of likely N-dealkylation sites (N-methyl/N-ethyl adjacent to an activating group) is 1. The van der Waals surface area contributed by atoms with Crippen molar-refractivity contribution in [1.82, 2.24) is 4.90 Å². The Hall–Kier alpha value is -1.55. The van der Waals surface area contributed by atoms with Crippen LogP contribution >= 0.6 is 0 Å². The van der Waals surface area contributed by atoms with Crippen LogP contribution in [0, 0.1) is 0 Å². The van der Waals surface area contributed by atoms with Gasteiger partial charge in [-0.3, -0.25) is 4.79 Å². The number of nitrogens with zero attached hydrogens (tertiary/aromatic N) is 1. The van der Waals surface area contributed by atoms with E-state index in [-0.39, 0.29) is 6.42 Å². The molecule has 0 aliphatic rings. The number of aliphatic carboxylic acids is 1. The molecule has 0 heterocycles. The third kappa shape index (κ3) is 5.68. The molecule has 0 spiro atoms. The van der Waals surface area contributed by atoms with Crippen LogP contribution in [0.1, 0.15) is 18.4 Å². The first-order valence-electron chi connectivity index (χ1n) is 6.15. The highest BCUT2D eigenvalue weighted by atomic mass is 16.5. The van der Waals surface area contributed by atoms with Crippen LogP contribution < -0.4 is 4.74 Å². The maximum Gasteiger partial charge on any atom is 0.303 e. The molecule has 0 aliphatic heterocycles. The van der Waals surface area contributed by atoms with E-state index in [4.69, 9.17) is 9.84 Å². The molecule has 0 aromatic heterocycles. The van der Waals surface area contributed by atoms with E-state index in [1.54, 1.807) is 7.11 Å². The van der Waals surface area contributed by atoms with Crippen molar-refractivity contribution >= 4 is 5.97 Å². The van der Waals surface area contributed by atoms with Crippen LogP contribution in [-0.2, 0) is 11.2 Å². The van der Waals surface area contributed by atoms with Crippen LogP contribution in [0.3, 0.4) is 0 Å². The molecule has 0 bridgehead atoms. The van der Waals surface area contributed by atoms with Gasteiger partial charge in [-0.2, -0.15) is 0 Å². The van der Waals surface area contributed by atoms with Crippen molar-refractivity contribution in [3.8, 4) is 5.75 Å².